The van der Waals surface area contributed by atoms with Crippen molar-refractivity contribution in [3.05, 3.63) is 99.8 Å². The van der Waals surface area contributed by atoms with Gasteiger partial charge in [0.15, 0.2) is 11.5 Å². The van der Waals surface area contributed by atoms with Gasteiger partial charge in [-0.2, -0.15) is 0 Å². The molecule has 1 aliphatic heterocycles. The topological polar surface area (TPSA) is 105 Å². The van der Waals surface area contributed by atoms with Gasteiger partial charge < -0.3 is 29.2 Å². The monoisotopic (exact) mass is 543 g/mol. The number of carbonyl (C=O) groups is 1. The molecule has 1 aliphatic rings. The van der Waals surface area contributed by atoms with Crippen molar-refractivity contribution in [1.29, 1.82) is 0 Å². The summed E-state index contributed by atoms with van der Waals surface area (Å²) in [6.45, 7) is 5.00. The fourth-order valence-electron chi connectivity index (χ4n) is 4.70. The van der Waals surface area contributed by atoms with Crippen LogP contribution in [0, 0.1) is 0 Å². The van der Waals surface area contributed by atoms with Crippen molar-refractivity contribution in [2.24, 2.45) is 5.73 Å². The average Bonchev–Trinajstić information content (AvgIpc) is 2.99. The van der Waals surface area contributed by atoms with Gasteiger partial charge >= 0.3 is 0 Å². The van der Waals surface area contributed by atoms with Gasteiger partial charge in [0.1, 0.15) is 24.5 Å². The third-order valence-electron chi connectivity index (χ3n) is 6.93. The molecule has 5 rings (SSSR count). The number of primary amides is 1. The van der Waals surface area contributed by atoms with Crippen LogP contribution >= 0.6 is 0 Å². The van der Waals surface area contributed by atoms with E-state index in [0.29, 0.717) is 55.4 Å². The molecule has 2 heterocycles. The molecule has 9 heteroatoms. The number of benzene rings is 3. The van der Waals surface area contributed by atoms with Crippen LogP contribution in [0.2, 0.25) is 0 Å². The van der Waals surface area contributed by atoms with Crippen molar-refractivity contribution in [2.75, 3.05) is 46.6 Å². The van der Waals surface area contributed by atoms with Gasteiger partial charge in [0, 0.05) is 38.4 Å². The molecule has 1 saturated heterocycles. The van der Waals surface area contributed by atoms with Crippen LogP contribution in [-0.4, -0.2) is 61.9 Å². The largest absolute Gasteiger partial charge is 0.497 e. The van der Waals surface area contributed by atoms with E-state index in [2.05, 4.69) is 4.90 Å². The van der Waals surface area contributed by atoms with E-state index in [1.165, 1.54) is 6.20 Å². The molecule has 3 aromatic carbocycles. The number of aromatic nitrogens is 1. The summed E-state index contributed by atoms with van der Waals surface area (Å²) >= 11 is 0. The molecular weight excluding hydrogens is 510 g/mol. The Bertz CT molecular complexity index is 1510. The summed E-state index contributed by atoms with van der Waals surface area (Å²) in [5.74, 6) is 0.898. The molecule has 1 fully saturated rings. The molecule has 4 aromatic rings. The predicted octanol–water partition coefficient (Wildman–Crippen LogP) is 3.45. The van der Waals surface area contributed by atoms with Gasteiger partial charge in [0.05, 0.1) is 31.2 Å². The van der Waals surface area contributed by atoms with E-state index >= 15 is 0 Å². The highest BCUT2D eigenvalue weighted by Crippen LogP contribution is 2.33. The number of nitrogens with zero attached hydrogens (tertiary/aromatic N) is 2. The van der Waals surface area contributed by atoms with E-state index in [0.717, 1.165) is 36.5 Å². The molecule has 1 aromatic heterocycles. The summed E-state index contributed by atoms with van der Waals surface area (Å²) in [7, 11) is 1.61. The molecule has 9 nitrogen and oxygen atoms in total. The van der Waals surface area contributed by atoms with E-state index < -0.39 is 11.3 Å². The minimum atomic E-state index is -0.784. The first-order chi connectivity index (χ1) is 19.5. The summed E-state index contributed by atoms with van der Waals surface area (Å²) in [6.07, 6.45) is 1.51. The van der Waals surface area contributed by atoms with Crippen molar-refractivity contribution < 1.29 is 23.7 Å². The van der Waals surface area contributed by atoms with Gasteiger partial charge in [-0.1, -0.05) is 42.5 Å². The van der Waals surface area contributed by atoms with Crippen LogP contribution in [0.5, 0.6) is 17.2 Å². The summed E-state index contributed by atoms with van der Waals surface area (Å²) in [5, 5.41) is 0.327. The first-order valence-corrected chi connectivity index (χ1v) is 13.3. The zero-order chi connectivity index (χ0) is 27.9. The van der Waals surface area contributed by atoms with Crippen LogP contribution in [0.15, 0.2) is 77.7 Å². The summed E-state index contributed by atoms with van der Waals surface area (Å²) in [4.78, 5) is 27.9. The van der Waals surface area contributed by atoms with Crippen molar-refractivity contribution in [3.8, 4) is 17.2 Å². The zero-order valence-corrected chi connectivity index (χ0v) is 22.5. The molecule has 208 valence electrons. The van der Waals surface area contributed by atoms with Crippen molar-refractivity contribution in [1.82, 2.24) is 9.47 Å². The van der Waals surface area contributed by atoms with Gasteiger partial charge in [-0.05, 0) is 29.3 Å². The highest BCUT2D eigenvalue weighted by Gasteiger charge is 2.19. The van der Waals surface area contributed by atoms with Crippen LogP contribution < -0.4 is 25.4 Å². The summed E-state index contributed by atoms with van der Waals surface area (Å²) in [6, 6.07) is 20.8. The van der Waals surface area contributed by atoms with E-state index in [1.54, 1.807) is 13.2 Å². The second-order valence-corrected chi connectivity index (χ2v) is 9.60. The molecule has 0 radical (unpaired) electrons. The number of morpholine rings is 1. The molecule has 2 N–H and O–H groups in total. The van der Waals surface area contributed by atoms with E-state index in [-0.39, 0.29) is 5.56 Å². The highest BCUT2D eigenvalue weighted by molar-refractivity contribution is 5.96. The van der Waals surface area contributed by atoms with E-state index in [4.69, 9.17) is 24.7 Å². The van der Waals surface area contributed by atoms with Crippen LogP contribution in [0.4, 0.5) is 0 Å². The zero-order valence-electron chi connectivity index (χ0n) is 22.5. The molecule has 0 saturated carbocycles. The lowest BCUT2D eigenvalue weighted by Crippen LogP contribution is -2.38. The molecular formula is C31H33N3O6. The quantitative estimate of drug-likeness (QED) is 0.309. The number of hydrogen-bond acceptors (Lipinski definition) is 7. The van der Waals surface area contributed by atoms with Crippen LogP contribution in [-0.2, 0) is 17.9 Å². The van der Waals surface area contributed by atoms with Crippen LogP contribution in [0.25, 0.3) is 10.9 Å². The molecule has 1 amide bonds. The lowest BCUT2D eigenvalue weighted by Gasteiger charge is -2.26. The number of rotatable bonds is 11. The molecule has 0 bridgehead atoms. The molecule has 0 unspecified atom stereocenters. The average molecular weight is 544 g/mol. The molecule has 0 atom stereocenters. The Balaban J connectivity index is 1.53. The molecule has 0 spiro atoms. The Labute approximate surface area is 232 Å². The number of methoxy groups -OCH3 is 1. The number of ether oxygens (including phenoxy) is 4. The molecule has 0 aliphatic carbocycles. The minimum absolute atomic E-state index is 0.0870. The Morgan fingerprint density at radius 3 is 2.38 bits per heavy atom. The fraction of sp³-hybridized carbons (Fsp3) is 0.290. The Morgan fingerprint density at radius 2 is 1.68 bits per heavy atom. The molecule has 40 heavy (non-hydrogen) atoms. The second kappa shape index (κ2) is 12.7. The maximum absolute atomic E-state index is 13.4. The van der Waals surface area contributed by atoms with E-state index in [1.807, 2.05) is 65.2 Å². The SMILES string of the molecule is COc1ccc(Cn2cc(C(N)=O)c(=O)c3cc(OCc4ccccc4)c(OCCN4CCOCC4)cc32)cc1. The number of amides is 1. The number of fused-ring (bicyclic) bond motifs is 1. The predicted molar refractivity (Wildman–Crippen MR) is 152 cm³/mol. The number of pyridine rings is 1. The third-order valence-corrected chi connectivity index (χ3v) is 6.93. The van der Waals surface area contributed by atoms with Gasteiger partial charge in [0.2, 0.25) is 5.43 Å². The second-order valence-electron chi connectivity index (χ2n) is 9.60. The maximum Gasteiger partial charge on any atom is 0.254 e. The fourth-order valence-corrected chi connectivity index (χ4v) is 4.70. The third kappa shape index (κ3) is 6.44. The lowest BCUT2D eigenvalue weighted by molar-refractivity contribution is 0.0320. The smallest absolute Gasteiger partial charge is 0.254 e. The maximum atomic E-state index is 13.4. The Morgan fingerprint density at radius 1 is 0.950 bits per heavy atom. The number of nitrogens with two attached hydrogens (primary N) is 1. The first kappa shape index (κ1) is 27.2. The normalized spacial score (nSPS) is 13.7. The van der Waals surface area contributed by atoms with Crippen LogP contribution in [0.3, 0.4) is 0 Å². The van der Waals surface area contributed by atoms with Gasteiger partial charge in [-0.15, -0.1) is 0 Å². The minimum Gasteiger partial charge on any atom is -0.497 e. The highest BCUT2D eigenvalue weighted by atomic mass is 16.5. The Kier molecular flexibility index (Phi) is 8.63. The van der Waals surface area contributed by atoms with Gasteiger partial charge in [-0.3, -0.25) is 14.5 Å². The van der Waals surface area contributed by atoms with Crippen molar-refractivity contribution in [2.45, 2.75) is 13.2 Å². The lowest BCUT2D eigenvalue weighted by atomic mass is 10.1. The Hall–Kier alpha value is -4.34. The number of hydrogen-bond donors (Lipinski definition) is 1. The summed E-state index contributed by atoms with van der Waals surface area (Å²) < 4.78 is 25.0. The standard InChI is InChI=1S/C31H33N3O6/c1-37-24-9-7-22(8-10-24)19-34-20-26(31(32)36)30(35)25-17-28(40-21-23-5-3-2-4-6-23)29(18-27(25)34)39-16-13-33-11-14-38-15-12-33/h2-10,17-18,20H,11-16,19,21H2,1H3,(H2,32,36). The van der Waals surface area contributed by atoms with Crippen molar-refractivity contribution >= 4 is 16.8 Å². The summed E-state index contributed by atoms with van der Waals surface area (Å²) in [5.41, 5.74) is 7.62. The van der Waals surface area contributed by atoms with Crippen LogP contribution in [0.1, 0.15) is 21.5 Å². The van der Waals surface area contributed by atoms with Gasteiger partial charge in [0.25, 0.3) is 5.91 Å². The van der Waals surface area contributed by atoms with Gasteiger partial charge in [-0.25, -0.2) is 0 Å². The first-order valence-electron chi connectivity index (χ1n) is 13.3. The van der Waals surface area contributed by atoms with E-state index in [9.17, 15) is 9.59 Å². The number of carbonyl (C=O) groups excluding carboxylic acids is 1. The van der Waals surface area contributed by atoms with Crippen molar-refractivity contribution in [3.63, 3.8) is 0 Å².